The molecule has 0 radical (unpaired) electrons. The van der Waals surface area contributed by atoms with Gasteiger partial charge in [0.25, 0.3) is 0 Å². The van der Waals surface area contributed by atoms with E-state index in [0.29, 0.717) is 0 Å². The molecule has 0 bridgehead atoms. The number of fused-ring (bicyclic) bond motifs is 12. The van der Waals surface area contributed by atoms with Gasteiger partial charge in [0.05, 0.1) is 22.1 Å². The second-order valence-electron chi connectivity index (χ2n) is 11.9. The van der Waals surface area contributed by atoms with Gasteiger partial charge in [0.1, 0.15) is 22.3 Å². The number of benzene rings is 5. The highest BCUT2D eigenvalue weighted by Gasteiger charge is 2.18. The van der Waals surface area contributed by atoms with Crippen molar-refractivity contribution in [1.29, 1.82) is 0 Å². The number of hydrogen-bond donors (Lipinski definition) is 0. The zero-order valence-electron chi connectivity index (χ0n) is 24.3. The molecule has 5 aromatic carbocycles. The van der Waals surface area contributed by atoms with Crippen molar-refractivity contribution in [3.63, 3.8) is 0 Å². The highest BCUT2D eigenvalue weighted by molar-refractivity contribution is 6.16. The highest BCUT2D eigenvalue weighted by Crippen LogP contribution is 2.40. The molecule has 0 aliphatic carbocycles. The summed E-state index contributed by atoms with van der Waals surface area (Å²) in [5.41, 5.74) is 10.0. The van der Waals surface area contributed by atoms with E-state index < -0.39 is 0 Å². The number of hydrogen-bond acceptors (Lipinski definition) is 4. The lowest BCUT2D eigenvalue weighted by Crippen LogP contribution is -1.93. The Bertz CT molecular complexity index is 2730. The van der Waals surface area contributed by atoms with Crippen LogP contribution in [0.1, 0.15) is 0 Å². The van der Waals surface area contributed by atoms with Crippen molar-refractivity contribution in [2.24, 2.45) is 0 Å². The molecule has 0 fully saturated rings. The van der Waals surface area contributed by atoms with E-state index in [9.17, 15) is 0 Å². The Morgan fingerprint density at radius 3 is 1.30 bits per heavy atom. The van der Waals surface area contributed by atoms with Crippen molar-refractivity contribution < 1.29 is 8.83 Å². The Hall–Kier alpha value is -6.40. The number of aromatic nitrogens is 4. The van der Waals surface area contributed by atoms with Gasteiger partial charge in [-0.3, -0.25) is 9.97 Å². The fourth-order valence-electron chi connectivity index (χ4n) is 7.49. The van der Waals surface area contributed by atoms with Crippen LogP contribution in [0, 0.1) is 0 Å². The molecule has 0 spiro atoms. The normalized spacial score (nSPS) is 12.3. The van der Waals surface area contributed by atoms with Gasteiger partial charge >= 0.3 is 0 Å². The summed E-state index contributed by atoms with van der Waals surface area (Å²) < 4.78 is 17.5. The summed E-state index contributed by atoms with van der Waals surface area (Å²) in [5.74, 6) is 0. The van der Waals surface area contributed by atoms with Crippen molar-refractivity contribution in [2.45, 2.75) is 0 Å². The van der Waals surface area contributed by atoms with E-state index in [1.54, 1.807) is 0 Å². The summed E-state index contributed by atoms with van der Waals surface area (Å²) in [6, 6.07) is 38.2. The standard InChI is InChI=1S/C40H22N4O2/c1-3-7-33-25(5-1)31-21-41-15-13-35(31)43(33)23-9-11-37-27(17-23)29-19-40-30(20-39(29)45-37)28-18-24(10-12-38(28)46-40)44-34-8-4-2-6-26(34)32-22-42-16-14-36(32)44/h1-22H. The van der Waals surface area contributed by atoms with Crippen molar-refractivity contribution in [3.05, 3.63) is 134 Å². The number of pyridine rings is 2. The Morgan fingerprint density at radius 1 is 0.370 bits per heavy atom. The van der Waals surface area contributed by atoms with Crippen molar-refractivity contribution >= 4 is 87.5 Å². The SMILES string of the molecule is c1ccc2c(c1)c1cnccc1n2-c1ccc2oc3cc4c(cc3c2c1)oc1ccc(-n2c3ccccc3c3cnccc32)cc14. The van der Waals surface area contributed by atoms with E-state index in [4.69, 9.17) is 8.83 Å². The van der Waals surface area contributed by atoms with E-state index in [-0.39, 0.29) is 0 Å². The first kappa shape index (κ1) is 24.0. The molecule has 0 N–H and O–H groups in total. The van der Waals surface area contributed by atoms with Crippen LogP contribution >= 0.6 is 0 Å². The first-order valence-electron chi connectivity index (χ1n) is 15.3. The molecule has 0 unspecified atom stereocenters. The van der Waals surface area contributed by atoms with Gasteiger partial charge in [0.2, 0.25) is 0 Å². The summed E-state index contributed by atoms with van der Waals surface area (Å²) in [6.07, 6.45) is 7.60. The van der Waals surface area contributed by atoms with Crippen LogP contribution in [0.2, 0.25) is 0 Å². The number of nitrogens with zero attached hydrogens (tertiary/aromatic N) is 4. The molecule has 0 amide bonds. The molecule has 6 heterocycles. The minimum absolute atomic E-state index is 0.835. The molecular formula is C40H22N4O2. The Kier molecular flexibility index (Phi) is 4.49. The number of furan rings is 2. The van der Waals surface area contributed by atoms with Crippen LogP contribution in [0.25, 0.3) is 98.9 Å². The van der Waals surface area contributed by atoms with Gasteiger partial charge in [-0.2, -0.15) is 0 Å². The maximum Gasteiger partial charge on any atom is 0.136 e. The molecule has 6 heteroatoms. The minimum atomic E-state index is 0.835. The minimum Gasteiger partial charge on any atom is -0.456 e. The van der Waals surface area contributed by atoms with E-state index in [2.05, 4.69) is 128 Å². The van der Waals surface area contributed by atoms with Gasteiger partial charge in [0, 0.05) is 79.3 Å². The summed E-state index contributed by atoms with van der Waals surface area (Å²) in [4.78, 5) is 8.81. The Balaban J connectivity index is 1.13. The zero-order valence-corrected chi connectivity index (χ0v) is 24.3. The lowest BCUT2D eigenvalue weighted by molar-refractivity contribution is 0.664. The maximum absolute atomic E-state index is 6.47. The fourth-order valence-corrected chi connectivity index (χ4v) is 7.49. The molecule has 6 aromatic heterocycles. The predicted molar refractivity (Wildman–Crippen MR) is 185 cm³/mol. The third-order valence-corrected chi connectivity index (χ3v) is 9.49. The lowest BCUT2D eigenvalue weighted by atomic mass is 10.1. The summed E-state index contributed by atoms with van der Waals surface area (Å²) in [7, 11) is 0. The van der Waals surface area contributed by atoms with Gasteiger partial charge in [-0.15, -0.1) is 0 Å². The van der Waals surface area contributed by atoms with Crippen LogP contribution in [-0.2, 0) is 0 Å². The topological polar surface area (TPSA) is 61.9 Å². The van der Waals surface area contributed by atoms with Crippen LogP contribution in [0.5, 0.6) is 0 Å². The van der Waals surface area contributed by atoms with Gasteiger partial charge in [0.15, 0.2) is 0 Å². The second kappa shape index (κ2) is 8.61. The third-order valence-electron chi connectivity index (χ3n) is 9.49. The second-order valence-corrected chi connectivity index (χ2v) is 11.9. The largest absolute Gasteiger partial charge is 0.456 e. The van der Waals surface area contributed by atoms with E-state index >= 15 is 0 Å². The number of para-hydroxylation sites is 2. The Morgan fingerprint density at radius 2 is 0.804 bits per heavy atom. The van der Waals surface area contributed by atoms with Crippen LogP contribution in [0.3, 0.4) is 0 Å². The van der Waals surface area contributed by atoms with Gasteiger partial charge in [-0.1, -0.05) is 36.4 Å². The molecule has 0 saturated heterocycles. The van der Waals surface area contributed by atoms with E-state index in [0.717, 1.165) is 88.1 Å². The monoisotopic (exact) mass is 590 g/mol. The molecule has 46 heavy (non-hydrogen) atoms. The summed E-state index contributed by atoms with van der Waals surface area (Å²) >= 11 is 0. The summed E-state index contributed by atoms with van der Waals surface area (Å²) in [5, 5.41) is 8.80. The van der Waals surface area contributed by atoms with Crippen LogP contribution in [-0.4, -0.2) is 19.1 Å². The Labute approximate surface area is 260 Å². The van der Waals surface area contributed by atoms with Crippen molar-refractivity contribution in [3.8, 4) is 11.4 Å². The van der Waals surface area contributed by atoms with Crippen molar-refractivity contribution in [1.82, 2.24) is 19.1 Å². The molecule has 6 nitrogen and oxygen atoms in total. The lowest BCUT2D eigenvalue weighted by Gasteiger charge is -2.07. The first-order chi connectivity index (χ1) is 22.8. The van der Waals surface area contributed by atoms with Crippen LogP contribution < -0.4 is 0 Å². The molecule has 0 aliphatic rings. The molecule has 11 aromatic rings. The smallest absolute Gasteiger partial charge is 0.136 e. The quantitative estimate of drug-likeness (QED) is 0.201. The predicted octanol–water partition coefficient (Wildman–Crippen LogP) is 10.5. The molecule has 214 valence electrons. The van der Waals surface area contributed by atoms with E-state index in [1.807, 2.05) is 24.8 Å². The van der Waals surface area contributed by atoms with Crippen LogP contribution in [0.4, 0.5) is 0 Å². The highest BCUT2D eigenvalue weighted by atomic mass is 16.3. The van der Waals surface area contributed by atoms with E-state index in [1.165, 1.54) is 10.8 Å². The summed E-state index contributed by atoms with van der Waals surface area (Å²) in [6.45, 7) is 0. The first-order valence-corrected chi connectivity index (χ1v) is 15.3. The van der Waals surface area contributed by atoms with Gasteiger partial charge in [-0.25, -0.2) is 0 Å². The molecule has 0 saturated carbocycles. The molecule has 0 atom stereocenters. The molecule has 0 aliphatic heterocycles. The third kappa shape index (κ3) is 3.09. The van der Waals surface area contributed by atoms with Crippen molar-refractivity contribution in [2.75, 3.05) is 0 Å². The average molecular weight is 591 g/mol. The molecular weight excluding hydrogens is 568 g/mol. The van der Waals surface area contributed by atoms with Gasteiger partial charge in [-0.05, 0) is 72.8 Å². The van der Waals surface area contributed by atoms with Gasteiger partial charge < -0.3 is 18.0 Å². The zero-order chi connectivity index (χ0) is 29.9. The number of rotatable bonds is 2. The van der Waals surface area contributed by atoms with Crippen LogP contribution in [0.15, 0.2) is 143 Å². The average Bonchev–Trinajstić information content (AvgIpc) is 3.84. The molecule has 11 rings (SSSR count). The fraction of sp³-hybridized carbons (Fsp3) is 0. The maximum atomic E-state index is 6.47.